The van der Waals surface area contributed by atoms with Gasteiger partial charge in [0.25, 0.3) is 0 Å². The monoisotopic (exact) mass is 264 g/mol. The number of hydrogen-bond acceptors (Lipinski definition) is 3. The predicted octanol–water partition coefficient (Wildman–Crippen LogP) is 1.96. The Morgan fingerprint density at radius 3 is 2.83 bits per heavy atom. The number of hydrogen-bond donors (Lipinski definition) is 1. The SMILES string of the molecule is Cc1ccc(C2CSCCN2C(=O)CCN)cc1. The van der Waals surface area contributed by atoms with Gasteiger partial charge in [0.2, 0.25) is 5.91 Å². The molecule has 18 heavy (non-hydrogen) atoms. The average molecular weight is 264 g/mol. The van der Waals surface area contributed by atoms with Gasteiger partial charge in [-0.05, 0) is 12.5 Å². The molecule has 1 aromatic rings. The summed E-state index contributed by atoms with van der Waals surface area (Å²) < 4.78 is 0. The van der Waals surface area contributed by atoms with Crippen molar-refractivity contribution in [2.24, 2.45) is 5.73 Å². The third kappa shape index (κ3) is 3.06. The molecule has 3 nitrogen and oxygen atoms in total. The summed E-state index contributed by atoms with van der Waals surface area (Å²) >= 11 is 1.92. The van der Waals surface area contributed by atoms with E-state index >= 15 is 0 Å². The van der Waals surface area contributed by atoms with Crippen LogP contribution in [0.4, 0.5) is 0 Å². The van der Waals surface area contributed by atoms with E-state index in [4.69, 9.17) is 5.73 Å². The molecule has 0 aliphatic carbocycles. The van der Waals surface area contributed by atoms with E-state index in [1.165, 1.54) is 11.1 Å². The minimum atomic E-state index is 0.184. The van der Waals surface area contributed by atoms with Crippen molar-refractivity contribution in [3.05, 3.63) is 35.4 Å². The Kier molecular flexibility index (Phi) is 4.66. The molecule has 98 valence electrons. The maximum Gasteiger partial charge on any atom is 0.224 e. The molecular formula is C14H20N2OS. The van der Waals surface area contributed by atoms with Crippen LogP contribution in [0.15, 0.2) is 24.3 Å². The van der Waals surface area contributed by atoms with Gasteiger partial charge in [-0.1, -0.05) is 29.8 Å². The molecule has 0 spiro atoms. The van der Waals surface area contributed by atoms with Gasteiger partial charge in [0.15, 0.2) is 0 Å². The molecule has 1 aliphatic rings. The van der Waals surface area contributed by atoms with Crippen LogP contribution in [0.1, 0.15) is 23.6 Å². The van der Waals surface area contributed by atoms with Crippen molar-refractivity contribution < 1.29 is 4.79 Å². The molecule has 0 aromatic heterocycles. The highest BCUT2D eigenvalue weighted by Gasteiger charge is 2.27. The van der Waals surface area contributed by atoms with Crippen molar-refractivity contribution in [1.29, 1.82) is 0 Å². The maximum atomic E-state index is 12.1. The number of nitrogens with zero attached hydrogens (tertiary/aromatic N) is 1. The smallest absolute Gasteiger partial charge is 0.224 e. The van der Waals surface area contributed by atoms with Gasteiger partial charge >= 0.3 is 0 Å². The van der Waals surface area contributed by atoms with Crippen LogP contribution in [0.3, 0.4) is 0 Å². The molecule has 1 unspecified atom stereocenters. The third-order valence-corrected chi connectivity index (χ3v) is 4.29. The lowest BCUT2D eigenvalue weighted by molar-refractivity contribution is -0.132. The van der Waals surface area contributed by atoms with E-state index in [0.29, 0.717) is 13.0 Å². The van der Waals surface area contributed by atoms with E-state index in [9.17, 15) is 4.79 Å². The first kappa shape index (κ1) is 13.4. The zero-order valence-corrected chi connectivity index (χ0v) is 11.6. The Balaban J connectivity index is 2.17. The quantitative estimate of drug-likeness (QED) is 0.908. The molecule has 0 saturated carbocycles. The number of rotatable bonds is 3. The molecule has 0 radical (unpaired) electrons. The molecular weight excluding hydrogens is 244 g/mol. The Bertz CT molecular complexity index is 405. The number of carbonyl (C=O) groups is 1. The van der Waals surface area contributed by atoms with Gasteiger partial charge in [-0.2, -0.15) is 11.8 Å². The van der Waals surface area contributed by atoms with Gasteiger partial charge in [0.05, 0.1) is 6.04 Å². The van der Waals surface area contributed by atoms with Crippen LogP contribution in [-0.2, 0) is 4.79 Å². The Morgan fingerprint density at radius 1 is 1.44 bits per heavy atom. The van der Waals surface area contributed by atoms with Crippen LogP contribution in [0.25, 0.3) is 0 Å². The van der Waals surface area contributed by atoms with Crippen LogP contribution >= 0.6 is 11.8 Å². The number of nitrogens with two attached hydrogens (primary N) is 1. The molecule has 2 N–H and O–H groups in total. The third-order valence-electron chi connectivity index (χ3n) is 3.27. The minimum Gasteiger partial charge on any atom is -0.334 e. The van der Waals surface area contributed by atoms with Gasteiger partial charge in [-0.15, -0.1) is 0 Å². The molecule has 1 heterocycles. The van der Waals surface area contributed by atoms with Crippen molar-refractivity contribution in [2.45, 2.75) is 19.4 Å². The van der Waals surface area contributed by atoms with Gasteiger partial charge in [0.1, 0.15) is 0 Å². The average Bonchev–Trinajstić information content (AvgIpc) is 2.40. The fourth-order valence-corrected chi connectivity index (χ4v) is 3.32. The summed E-state index contributed by atoms with van der Waals surface area (Å²) in [5, 5.41) is 0. The van der Waals surface area contributed by atoms with Gasteiger partial charge in [0, 0.05) is 31.0 Å². The number of thioether (sulfide) groups is 1. The van der Waals surface area contributed by atoms with E-state index in [2.05, 4.69) is 31.2 Å². The molecule has 1 fully saturated rings. The lowest BCUT2D eigenvalue weighted by atomic mass is 10.0. The summed E-state index contributed by atoms with van der Waals surface area (Å²) in [6.45, 7) is 3.35. The van der Waals surface area contributed by atoms with Crippen LogP contribution in [0.2, 0.25) is 0 Å². The number of benzene rings is 1. The minimum absolute atomic E-state index is 0.184. The Labute approximate surface area is 113 Å². The van der Waals surface area contributed by atoms with Crippen molar-refractivity contribution in [2.75, 3.05) is 24.6 Å². The van der Waals surface area contributed by atoms with Gasteiger partial charge in [-0.25, -0.2) is 0 Å². The molecule has 1 amide bonds. The van der Waals surface area contributed by atoms with E-state index in [-0.39, 0.29) is 11.9 Å². The number of aryl methyl sites for hydroxylation is 1. The summed E-state index contributed by atoms with van der Waals surface area (Å²) in [6.07, 6.45) is 0.451. The summed E-state index contributed by atoms with van der Waals surface area (Å²) in [6, 6.07) is 8.70. The molecule has 1 atom stereocenters. The fourth-order valence-electron chi connectivity index (χ4n) is 2.23. The summed E-state index contributed by atoms with van der Waals surface area (Å²) in [7, 11) is 0. The summed E-state index contributed by atoms with van der Waals surface area (Å²) in [5.41, 5.74) is 7.97. The van der Waals surface area contributed by atoms with E-state index in [1.54, 1.807) is 0 Å². The number of carbonyl (C=O) groups excluding carboxylic acids is 1. The highest BCUT2D eigenvalue weighted by atomic mass is 32.2. The number of amides is 1. The highest BCUT2D eigenvalue weighted by Crippen LogP contribution is 2.30. The zero-order valence-electron chi connectivity index (χ0n) is 10.8. The van der Waals surface area contributed by atoms with Crippen LogP contribution < -0.4 is 5.73 Å². The lowest BCUT2D eigenvalue weighted by Gasteiger charge is -2.36. The highest BCUT2D eigenvalue weighted by molar-refractivity contribution is 7.99. The van der Waals surface area contributed by atoms with E-state index < -0.39 is 0 Å². The Morgan fingerprint density at radius 2 is 2.17 bits per heavy atom. The van der Waals surface area contributed by atoms with Crippen LogP contribution in [-0.4, -0.2) is 35.4 Å². The zero-order chi connectivity index (χ0) is 13.0. The molecule has 2 rings (SSSR count). The van der Waals surface area contributed by atoms with Crippen molar-refractivity contribution >= 4 is 17.7 Å². The normalized spacial score (nSPS) is 19.9. The van der Waals surface area contributed by atoms with Crippen LogP contribution in [0, 0.1) is 6.92 Å². The van der Waals surface area contributed by atoms with Crippen molar-refractivity contribution in [1.82, 2.24) is 4.90 Å². The van der Waals surface area contributed by atoms with E-state index in [1.807, 2.05) is 16.7 Å². The molecule has 0 bridgehead atoms. The Hall–Kier alpha value is -1.00. The van der Waals surface area contributed by atoms with Crippen molar-refractivity contribution in [3.63, 3.8) is 0 Å². The summed E-state index contributed by atoms with van der Waals surface area (Å²) in [4.78, 5) is 14.1. The van der Waals surface area contributed by atoms with E-state index in [0.717, 1.165) is 18.1 Å². The first-order valence-electron chi connectivity index (χ1n) is 6.36. The topological polar surface area (TPSA) is 46.3 Å². The van der Waals surface area contributed by atoms with Gasteiger partial charge in [-0.3, -0.25) is 4.79 Å². The molecule has 4 heteroatoms. The molecule has 1 saturated heterocycles. The van der Waals surface area contributed by atoms with Crippen molar-refractivity contribution in [3.8, 4) is 0 Å². The fraction of sp³-hybridized carbons (Fsp3) is 0.500. The summed E-state index contributed by atoms with van der Waals surface area (Å²) in [5.74, 6) is 2.20. The standard InChI is InChI=1S/C14H20N2OS/c1-11-2-4-12(5-3-11)13-10-18-9-8-16(13)14(17)6-7-15/h2-5,13H,6-10,15H2,1H3. The largest absolute Gasteiger partial charge is 0.334 e. The predicted molar refractivity (Wildman–Crippen MR) is 76.6 cm³/mol. The first-order chi connectivity index (χ1) is 8.72. The second kappa shape index (κ2) is 6.25. The van der Waals surface area contributed by atoms with Crippen LogP contribution in [0.5, 0.6) is 0 Å². The van der Waals surface area contributed by atoms with Gasteiger partial charge < -0.3 is 10.6 Å². The molecule has 1 aromatic carbocycles. The second-order valence-electron chi connectivity index (χ2n) is 4.63. The molecule has 1 aliphatic heterocycles. The second-order valence-corrected chi connectivity index (χ2v) is 5.78. The first-order valence-corrected chi connectivity index (χ1v) is 7.51. The lowest BCUT2D eigenvalue weighted by Crippen LogP contribution is -2.41. The maximum absolute atomic E-state index is 12.1.